The highest BCUT2D eigenvalue weighted by molar-refractivity contribution is 7.47. The summed E-state index contributed by atoms with van der Waals surface area (Å²) >= 11 is 0. The Balaban J connectivity index is 5.11. The predicted octanol–water partition coefficient (Wildman–Crippen LogP) is 20.8. The average Bonchev–Trinajstić information content (AvgIpc) is 3.41. The van der Waals surface area contributed by atoms with Crippen LogP contribution in [0.4, 0.5) is 0 Å². The number of unbranched alkanes of at least 4 members (excludes halogenated alkanes) is 36. The van der Waals surface area contributed by atoms with E-state index in [4.69, 9.17) is 13.8 Å². The Kier molecular flexibility index (Phi) is 56.7. The molecule has 0 heterocycles. The van der Waals surface area contributed by atoms with Crippen LogP contribution in [0.25, 0.3) is 0 Å². The molecule has 0 aromatic rings. The molecule has 1 amide bonds. The van der Waals surface area contributed by atoms with Gasteiger partial charge in [-0.2, -0.15) is 0 Å². The lowest BCUT2D eigenvalue weighted by molar-refractivity contribution is -0.870. The molecular formula is C69H128N2O7P+. The van der Waals surface area contributed by atoms with Crippen molar-refractivity contribution in [2.24, 2.45) is 0 Å². The van der Waals surface area contributed by atoms with Crippen LogP contribution in [0, 0.1) is 0 Å². The third-order valence-corrected chi connectivity index (χ3v) is 15.7. The van der Waals surface area contributed by atoms with Crippen molar-refractivity contribution in [2.75, 3.05) is 40.9 Å². The summed E-state index contributed by atoms with van der Waals surface area (Å²) in [6.45, 7) is 6.87. The Bertz CT molecular complexity index is 1580. The van der Waals surface area contributed by atoms with Gasteiger partial charge in [0.1, 0.15) is 19.3 Å². The monoisotopic (exact) mass is 1130 g/mol. The van der Waals surface area contributed by atoms with Crippen molar-refractivity contribution in [3.8, 4) is 0 Å². The molecule has 0 aliphatic carbocycles. The summed E-state index contributed by atoms with van der Waals surface area (Å²) in [4.78, 5) is 37.8. The minimum atomic E-state index is -4.46. The fourth-order valence-corrected chi connectivity index (χ4v) is 10.3. The van der Waals surface area contributed by atoms with Crippen molar-refractivity contribution in [3.63, 3.8) is 0 Å². The van der Waals surface area contributed by atoms with Crippen molar-refractivity contribution < 1.29 is 37.3 Å². The van der Waals surface area contributed by atoms with Gasteiger partial charge < -0.3 is 19.4 Å². The number of ether oxygens (including phenoxy) is 1. The predicted molar refractivity (Wildman–Crippen MR) is 341 cm³/mol. The number of rotatable bonds is 60. The van der Waals surface area contributed by atoms with Gasteiger partial charge in [0.25, 0.3) is 0 Å². The molecular weight excluding hydrogens is 1000 g/mol. The first-order chi connectivity index (χ1) is 38.4. The zero-order chi connectivity index (χ0) is 57.9. The number of nitrogens with one attached hydrogen (secondary N) is 1. The van der Waals surface area contributed by atoms with Crippen LogP contribution in [0.15, 0.2) is 72.9 Å². The van der Waals surface area contributed by atoms with Crippen LogP contribution < -0.4 is 5.32 Å². The van der Waals surface area contributed by atoms with E-state index < -0.39 is 20.0 Å². The Morgan fingerprint density at radius 2 is 0.861 bits per heavy atom. The highest BCUT2D eigenvalue weighted by Gasteiger charge is 2.30. The van der Waals surface area contributed by atoms with Crippen molar-refractivity contribution in [2.45, 2.75) is 315 Å². The van der Waals surface area contributed by atoms with E-state index in [9.17, 15) is 19.0 Å². The normalized spacial score (nSPS) is 14.1. The van der Waals surface area contributed by atoms with Crippen LogP contribution in [0.1, 0.15) is 303 Å². The molecule has 0 spiro atoms. The summed E-state index contributed by atoms with van der Waals surface area (Å²) in [5.74, 6) is -0.512. The Labute approximate surface area is 489 Å². The first-order valence-electron chi connectivity index (χ1n) is 33.3. The molecule has 0 aliphatic heterocycles. The number of carbonyl (C=O) groups is 2. The number of amides is 1. The Morgan fingerprint density at radius 1 is 0.468 bits per heavy atom. The van der Waals surface area contributed by atoms with E-state index in [-0.39, 0.29) is 31.5 Å². The number of hydrogen-bond donors (Lipinski definition) is 2. The molecule has 0 aromatic carbocycles. The van der Waals surface area contributed by atoms with Gasteiger partial charge in [0.2, 0.25) is 5.91 Å². The van der Waals surface area contributed by atoms with Crippen molar-refractivity contribution >= 4 is 19.7 Å². The molecule has 0 rings (SSSR count). The van der Waals surface area contributed by atoms with Crippen LogP contribution in [0.3, 0.4) is 0 Å². The van der Waals surface area contributed by atoms with Crippen molar-refractivity contribution in [1.29, 1.82) is 0 Å². The molecule has 0 radical (unpaired) electrons. The van der Waals surface area contributed by atoms with E-state index in [0.717, 1.165) is 83.5 Å². The number of phosphoric acid groups is 1. The lowest BCUT2D eigenvalue weighted by Crippen LogP contribution is -2.47. The van der Waals surface area contributed by atoms with E-state index in [0.29, 0.717) is 17.4 Å². The van der Waals surface area contributed by atoms with Crippen LogP contribution in [-0.2, 0) is 27.9 Å². The molecule has 79 heavy (non-hydrogen) atoms. The van der Waals surface area contributed by atoms with Gasteiger partial charge >= 0.3 is 13.8 Å². The number of quaternary nitrogens is 1. The summed E-state index contributed by atoms with van der Waals surface area (Å²) in [6.07, 6.45) is 76.2. The SMILES string of the molecule is CC/C=C/C=C/C=C/CCCCCCCCCC(=O)NC(COP(=O)(O)OCC[N+](C)(C)C)C(/C=C\CCCCCCCCCCCCC)OC(=O)CCCCCCCCCCCCCCCCC/C=C\C/C=C\CCCCC. The van der Waals surface area contributed by atoms with Crippen molar-refractivity contribution in [1.82, 2.24) is 5.32 Å². The topological polar surface area (TPSA) is 111 Å². The maximum absolute atomic E-state index is 13.6. The molecule has 10 heteroatoms. The zero-order valence-electron chi connectivity index (χ0n) is 52.6. The number of hydrogen-bond acceptors (Lipinski definition) is 6. The second-order valence-electron chi connectivity index (χ2n) is 23.7. The van der Waals surface area contributed by atoms with Crippen LogP contribution >= 0.6 is 7.82 Å². The summed E-state index contributed by atoms with van der Waals surface area (Å²) < 4.78 is 30.8. The van der Waals surface area contributed by atoms with E-state index in [1.54, 1.807) is 0 Å². The number of phosphoric ester groups is 1. The first-order valence-corrected chi connectivity index (χ1v) is 34.8. The van der Waals surface area contributed by atoms with Gasteiger partial charge in [0, 0.05) is 12.8 Å². The van der Waals surface area contributed by atoms with Gasteiger partial charge in [0.05, 0.1) is 33.8 Å². The zero-order valence-corrected chi connectivity index (χ0v) is 53.5. The van der Waals surface area contributed by atoms with E-state index >= 15 is 0 Å². The second kappa shape index (κ2) is 58.6. The highest BCUT2D eigenvalue weighted by Crippen LogP contribution is 2.43. The number of carbonyl (C=O) groups excluding carboxylic acids is 2. The van der Waals surface area contributed by atoms with Gasteiger partial charge in [-0.05, 0) is 83.1 Å². The fourth-order valence-electron chi connectivity index (χ4n) is 9.56. The summed E-state index contributed by atoms with van der Waals surface area (Å²) in [6, 6.07) is -0.856. The molecule has 0 saturated carbocycles. The lowest BCUT2D eigenvalue weighted by atomic mass is 10.0. The van der Waals surface area contributed by atoms with Crippen LogP contribution in [0.2, 0.25) is 0 Å². The average molecular weight is 1130 g/mol. The molecule has 460 valence electrons. The fraction of sp³-hybridized carbons (Fsp3) is 0.797. The molecule has 0 fully saturated rings. The van der Waals surface area contributed by atoms with Crippen LogP contribution in [-0.4, -0.2) is 74.3 Å². The summed E-state index contributed by atoms with van der Waals surface area (Å²) in [5.41, 5.74) is 0. The van der Waals surface area contributed by atoms with Crippen molar-refractivity contribution in [3.05, 3.63) is 72.9 Å². The number of esters is 1. The summed E-state index contributed by atoms with van der Waals surface area (Å²) in [7, 11) is 1.49. The molecule has 0 aromatic heterocycles. The number of likely N-dealkylation sites (N-methyl/N-ethyl adjacent to an activating group) is 1. The maximum Gasteiger partial charge on any atom is 0.472 e. The smallest absolute Gasteiger partial charge is 0.456 e. The van der Waals surface area contributed by atoms with Gasteiger partial charge in [-0.15, -0.1) is 0 Å². The molecule has 0 saturated heterocycles. The van der Waals surface area contributed by atoms with Gasteiger partial charge in [-0.25, -0.2) is 4.57 Å². The molecule has 9 nitrogen and oxygen atoms in total. The van der Waals surface area contributed by atoms with E-state index in [2.05, 4.69) is 86.8 Å². The standard InChI is InChI=1S/C69H127N2O7P/c1-7-10-13-16-19-22-25-28-30-31-32-33-34-35-36-37-38-39-41-44-47-50-53-56-59-62-69(73)78-67(60-57-54-51-48-45-42-27-24-21-18-15-12-9-3)66(65-77-79(74,75)76-64-63-71(4,5)6)70-68(72)61-58-55-52-49-46-43-40-29-26-23-20-17-14-11-8-2/h11,14,17,19-20,22-23,26,28,30,57,60,66-67H,7-10,12-13,15-16,18,21,24-25,27,29,31-56,58-59,61-65H2,1-6H3,(H-,70,72,74,75)/p+1/b14-11+,20-17+,22-19-,26-23+,30-28-,60-57-. The molecule has 3 unspecified atom stereocenters. The third-order valence-electron chi connectivity index (χ3n) is 14.7. The molecule has 0 bridgehead atoms. The number of allylic oxidation sites excluding steroid dienone is 11. The quantitative estimate of drug-likeness (QED) is 0.0156. The third kappa shape index (κ3) is 59.9. The molecule has 0 aliphatic rings. The van der Waals surface area contributed by atoms with Gasteiger partial charge in [-0.1, -0.05) is 280 Å². The minimum absolute atomic E-state index is 0.0363. The largest absolute Gasteiger partial charge is 0.472 e. The molecule has 2 N–H and O–H groups in total. The second-order valence-corrected chi connectivity index (χ2v) is 25.1. The lowest BCUT2D eigenvalue weighted by Gasteiger charge is -2.27. The van der Waals surface area contributed by atoms with Gasteiger partial charge in [-0.3, -0.25) is 18.6 Å². The maximum atomic E-state index is 13.6. The van der Waals surface area contributed by atoms with Gasteiger partial charge in [0.15, 0.2) is 0 Å². The number of nitrogens with zero attached hydrogens (tertiary/aromatic N) is 1. The van der Waals surface area contributed by atoms with Crippen LogP contribution in [0.5, 0.6) is 0 Å². The Morgan fingerprint density at radius 3 is 1.33 bits per heavy atom. The Hall–Kier alpha value is -2.55. The summed E-state index contributed by atoms with van der Waals surface area (Å²) in [5, 5.41) is 3.06. The minimum Gasteiger partial charge on any atom is -0.456 e. The first kappa shape index (κ1) is 76.5. The van der Waals surface area contributed by atoms with E-state index in [1.807, 2.05) is 33.3 Å². The highest BCUT2D eigenvalue weighted by atomic mass is 31.2. The van der Waals surface area contributed by atoms with E-state index in [1.165, 1.54) is 186 Å². The molecule has 3 atom stereocenters.